The molecule has 1 radical (unpaired) electrons. The van der Waals surface area contributed by atoms with Crippen molar-refractivity contribution in [2.75, 3.05) is 0 Å². The zero-order chi connectivity index (χ0) is 0. The van der Waals surface area contributed by atoms with Crippen LogP contribution in [-0.2, 0) is 63.5 Å². The van der Waals surface area contributed by atoms with Gasteiger partial charge in [-0.2, -0.15) is 0 Å². The van der Waals surface area contributed by atoms with E-state index in [0.717, 1.165) is 0 Å². The number of hydrogen-bond donors (Lipinski definition) is 0. The van der Waals surface area contributed by atoms with Gasteiger partial charge in [-0.25, -0.2) is 0 Å². The Kier molecular flexibility index (Phi) is 212. The molecule has 0 amide bonds. The predicted molar refractivity (Wildman–Crippen MR) is 14.7 cm³/mol. The topological polar surface area (TPSA) is 0 Å². The van der Waals surface area contributed by atoms with E-state index in [1.165, 1.54) is 0 Å². The molecular weight excluding hydrogens is 184 g/mol. The average molecular weight is 184 g/mol. The van der Waals surface area contributed by atoms with Crippen molar-refractivity contribution in [3.8, 4) is 0 Å². The summed E-state index contributed by atoms with van der Waals surface area (Å²) < 4.78 is 0. The zero-order valence-corrected chi connectivity index (χ0v) is 7.68. The molecule has 0 aliphatic heterocycles. The van der Waals surface area contributed by atoms with Gasteiger partial charge in [-0.05, 0) is 0 Å². The van der Waals surface area contributed by atoms with Gasteiger partial charge in [0.25, 0.3) is 0 Å². The van der Waals surface area contributed by atoms with Gasteiger partial charge < -0.3 is 27.0 Å². The van der Waals surface area contributed by atoms with Gasteiger partial charge in [0.2, 0.25) is 0 Å². The van der Waals surface area contributed by atoms with E-state index in [4.69, 9.17) is 0 Å². The Bertz CT molecular complexity index is 6.00. The van der Waals surface area contributed by atoms with E-state index < -0.39 is 0 Å². The summed E-state index contributed by atoms with van der Waals surface area (Å²) in [6, 6.07) is 0. The fourth-order valence-electron chi connectivity index (χ4n) is 0. The third-order valence-corrected chi connectivity index (χ3v) is 0. The minimum atomic E-state index is 0. The molecule has 0 N–H and O–H groups in total. The van der Waals surface area contributed by atoms with Crippen LogP contribution in [0.4, 0.5) is 0 Å². The van der Waals surface area contributed by atoms with Crippen LogP contribution in [0.15, 0.2) is 0 Å². The predicted octanol–water partition coefficient (Wildman–Crippen LogP) is -0.00980. The average Bonchev–Trinajstić information content (AvgIpc) is 0. The molecule has 0 unspecified atom stereocenters. The summed E-state index contributed by atoms with van der Waals surface area (Å²) >= 11 is 0. The molecule has 4 heteroatoms. The van der Waals surface area contributed by atoms with Gasteiger partial charge in [0, 0.05) is 0 Å². The first kappa shape index (κ1) is 40.4. The van der Waals surface area contributed by atoms with Crippen LogP contribution < -0.4 is 0 Å². The van der Waals surface area contributed by atoms with Crippen LogP contribution in [0.3, 0.4) is 0 Å². The van der Waals surface area contributed by atoms with Crippen LogP contribution >= 0.6 is 0 Å². The van der Waals surface area contributed by atoms with Crippen LogP contribution in [-0.4, -0.2) is 0 Å². The van der Waals surface area contributed by atoms with E-state index in [1.807, 2.05) is 0 Å². The zero-order valence-electron chi connectivity index (χ0n) is 1.90. The molecule has 0 heterocycles. The third kappa shape index (κ3) is 9.14. The molecule has 0 bridgehead atoms. The van der Waals surface area contributed by atoms with Gasteiger partial charge in [-0.1, -0.05) is 0 Å². The molecule has 0 saturated heterocycles. The first-order valence-electron chi connectivity index (χ1n) is 0. The van der Waals surface area contributed by atoms with Gasteiger partial charge in [0.1, 0.15) is 0 Å². The van der Waals surface area contributed by atoms with E-state index in [9.17, 15) is 0 Å². The molecule has 0 atom stereocenters. The fourth-order valence-corrected chi connectivity index (χ4v) is 0. The van der Waals surface area contributed by atoms with Crippen molar-refractivity contribution >= 4 is 27.0 Å². The molecule has 0 aliphatic rings. The third-order valence-electron chi connectivity index (χ3n) is 0. The van der Waals surface area contributed by atoms with E-state index in [1.54, 1.807) is 0 Å². The Balaban J connectivity index is 0. The fraction of sp³-hybridized carbons (Fsp3) is 0. The smallest absolute Gasteiger partial charge is 2.00 e. The summed E-state index contributed by atoms with van der Waals surface area (Å²) in [5.41, 5.74) is 0. The second-order valence-electron chi connectivity index (χ2n) is 0. The molecule has 0 aromatic carbocycles. The molecule has 0 saturated carbocycles. The minimum absolute atomic E-state index is 0. The number of hydrogen-bond acceptors (Lipinski definition) is 0. The standard InChI is InChI=1S/Mn.2S.Zn/q+2;2*-2;+2. The molecule has 0 rings (SSSR count). The first-order valence-corrected chi connectivity index (χ1v) is 0. The van der Waals surface area contributed by atoms with Crippen molar-refractivity contribution < 1.29 is 36.5 Å². The molecule has 0 aromatic heterocycles. The molecule has 0 aliphatic carbocycles. The van der Waals surface area contributed by atoms with Crippen LogP contribution in [0, 0.1) is 0 Å². The second kappa shape index (κ2) is 21.1. The largest absolute Gasteiger partial charge is 2.00 e. The van der Waals surface area contributed by atoms with Crippen molar-refractivity contribution in [3.05, 3.63) is 0 Å². The van der Waals surface area contributed by atoms with Crippen molar-refractivity contribution in [3.63, 3.8) is 0 Å². The quantitative estimate of drug-likeness (QED) is 0.465. The molecular formula is MnS2Zn. The number of rotatable bonds is 0. The molecule has 0 fully saturated rings. The SMILES string of the molecule is [Mn+2].[S-2].[S-2].[Zn+2]. The van der Waals surface area contributed by atoms with E-state index in [0.29, 0.717) is 0 Å². The monoisotopic (exact) mass is 183 g/mol. The van der Waals surface area contributed by atoms with Crippen LogP contribution in [0.2, 0.25) is 0 Å². The summed E-state index contributed by atoms with van der Waals surface area (Å²) in [4.78, 5) is 0. The van der Waals surface area contributed by atoms with Crippen LogP contribution in [0.5, 0.6) is 0 Å². The molecule has 21 valence electrons. The van der Waals surface area contributed by atoms with Crippen LogP contribution in [0.1, 0.15) is 0 Å². The summed E-state index contributed by atoms with van der Waals surface area (Å²) in [5, 5.41) is 0. The van der Waals surface area contributed by atoms with Crippen molar-refractivity contribution in [2.24, 2.45) is 0 Å². The van der Waals surface area contributed by atoms with E-state index >= 15 is 0 Å². The first-order chi connectivity index (χ1) is 0. The van der Waals surface area contributed by atoms with E-state index in [2.05, 4.69) is 0 Å². The Hall–Kier alpha value is 1.84. The van der Waals surface area contributed by atoms with Crippen molar-refractivity contribution in [2.45, 2.75) is 0 Å². The minimum Gasteiger partial charge on any atom is -2.00 e. The maximum absolute atomic E-state index is 0. The summed E-state index contributed by atoms with van der Waals surface area (Å²) in [7, 11) is 0. The van der Waals surface area contributed by atoms with Crippen LogP contribution in [0.25, 0.3) is 0 Å². The van der Waals surface area contributed by atoms with Gasteiger partial charge in [-0.15, -0.1) is 0 Å². The Morgan fingerprint density at radius 3 is 0.750 bits per heavy atom. The maximum Gasteiger partial charge on any atom is 2.00 e. The van der Waals surface area contributed by atoms with Crippen molar-refractivity contribution in [1.82, 2.24) is 0 Å². The summed E-state index contributed by atoms with van der Waals surface area (Å²) in [5.74, 6) is 0. The van der Waals surface area contributed by atoms with Crippen molar-refractivity contribution in [1.29, 1.82) is 0 Å². The molecule has 0 nitrogen and oxygen atoms in total. The maximum atomic E-state index is 0. The Labute approximate surface area is 63.2 Å². The van der Waals surface area contributed by atoms with Gasteiger partial charge in [0.15, 0.2) is 0 Å². The van der Waals surface area contributed by atoms with E-state index in [-0.39, 0.29) is 63.5 Å². The summed E-state index contributed by atoms with van der Waals surface area (Å²) in [6.45, 7) is 0. The van der Waals surface area contributed by atoms with Gasteiger partial charge in [0.05, 0.1) is 0 Å². The second-order valence-corrected chi connectivity index (χ2v) is 0. The summed E-state index contributed by atoms with van der Waals surface area (Å²) in [6.07, 6.45) is 0. The molecule has 0 aromatic rings. The van der Waals surface area contributed by atoms with Gasteiger partial charge >= 0.3 is 36.5 Å². The van der Waals surface area contributed by atoms with Gasteiger partial charge in [-0.3, -0.25) is 0 Å². The Morgan fingerprint density at radius 2 is 0.750 bits per heavy atom. The Morgan fingerprint density at radius 1 is 0.750 bits per heavy atom. The molecule has 4 heavy (non-hydrogen) atoms. The normalized spacial score (nSPS) is 0. The molecule has 0 spiro atoms.